The SMILES string of the molecule is CCS(=O)(=O)C[C@@H](C)NC(=O)N1CC2C[C@@H]3CC1C[C@H](C2)C3. The molecular formula is C16H28N2O3S. The van der Waals surface area contributed by atoms with Gasteiger partial charge in [-0.2, -0.15) is 0 Å². The molecule has 126 valence electrons. The number of nitrogens with zero attached hydrogens (tertiary/aromatic N) is 1. The predicted octanol–water partition coefficient (Wildman–Crippen LogP) is 2.03. The molecule has 2 aliphatic heterocycles. The maximum absolute atomic E-state index is 12.6. The van der Waals surface area contributed by atoms with E-state index in [-0.39, 0.29) is 23.6 Å². The Bertz CT molecular complexity index is 520. The second kappa shape index (κ2) is 6.02. The summed E-state index contributed by atoms with van der Waals surface area (Å²) in [6, 6.07) is -0.0154. The van der Waals surface area contributed by atoms with E-state index < -0.39 is 9.84 Å². The van der Waals surface area contributed by atoms with Crippen LogP contribution in [0.5, 0.6) is 0 Å². The van der Waals surface area contributed by atoms with Gasteiger partial charge in [0.1, 0.15) is 0 Å². The number of sulfone groups is 1. The van der Waals surface area contributed by atoms with Gasteiger partial charge in [-0.15, -0.1) is 0 Å². The highest BCUT2D eigenvalue weighted by Crippen LogP contribution is 2.47. The van der Waals surface area contributed by atoms with Crippen molar-refractivity contribution in [3.8, 4) is 0 Å². The molecule has 2 aliphatic carbocycles. The topological polar surface area (TPSA) is 66.5 Å². The second-order valence-corrected chi connectivity index (χ2v) is 10.0. The zero-order valence-corrected chi connectivity index (χ0v) is 14.4. The molecule has 0 aromatic carbocycles. The lowest BCUT2D eigenvalue weighted by atomic mass is 9.68. The number of rotatable bonds is 4. The van der Waals surface area contributed by atoms with Crippen LogP contribution in [0.3, 0.4) is 0 Å². The first kappa shape index (κ1) is 16.1. The summed E-state index contributed by atoms with van der Waals surface area (Å²) in [5, 5.41) is 2.92. The standard InChI is InChI=1S/C16H28N2O3S/c1-3-22(20,21)10-11(2)17-16(19)18-9-14-5-12-4-13(6-14)8-15(18)7-12/h11-15H,3-10H2,1-2H3,(H,17,19)/t11-,12-,13+,14?,15?/m1/s1. The Morgan fingerprint density at radius 1 is 1.14 bits per heavy atom. The van der Waals surface area contributed by atoms with Crippen LogP contribution < -0.4 is 5.32 Å². The van der Waals surface area contributed by atoms with E-state index in [1.54, 1.807) is 13.8 Å². The first-order valence-electron chi connectivity index (χ1n) is 8.63. The van der Waals surface area contributed by atoms with Gasteiger partial charge in [-0.05, 0) is 56.8 Å². The smallest absolute Gasteiger partial charge is 0.317 e. The molecule has 4 bridgehead atoms. The van der Waals surface area contributed by atoms with Crippen molar-refractivity contribution < 1.29 is 13.2 Å². The van der Waals surface area contributed by atoms with Gasteiger partial charge < -0.3 is 10.2 Å². The Morgan fingerprint density at radius 2 is 1.73 bits per heavy atom. The molecule has 2 unspecified atom stereocenters. The van der Waals surface area contributed by atoms with Gasteiger partial charge in [0, 0.05) is 24.4 Å². The summed E-state index contributed by atoms with van der Waals surface area (Å²) < 4.78 is 23.4. The van der Waals surface area contributed by atoms with Crippen molar-refractivity contribution in [2.45, 2.75) is 58.0 Å². The van der Waals surface area contributed by atoms with Crippen LogP contribution in [0.15, 0.2) is 0 Å². The normalized spacial score (nSPS) is 35.3. The lowest BCUT2D eigenvalue weighted by Crippen LogP contribution is -2.50. The maximum atomic E-state index is 12.6. The number of nitrogens with one attached hydrogen (secondary N) is 1. The van der Waals surface area contributed by atoms with E-state index >= 15 is 0 Å². The number of hydrogen-bond donors (Lipinski definition) is 1. The van der Waals surface area contributed by atoms with Crippen LogP contribution in [-0.4, -0.2) is 49.5 Å². The van der Waals surface area contributed by atoms with Crippen LogP contribution in [-0.2, 0) is 9.84 Å². The van der Waals surface area contributed by atoms with Gasteiger partial charge >= 0.3 is 6.03 Å². The van der Waals surface area contributed by atoms with Gasteiger partial charge in [0.2, 0.25) is 0 Å². The van der Waals surface area contributed by atoms with Crippen LogP contribution >= 0.6 is 0 Å². The highest BCUT2D eigenvalue weighted by Gasteiger charge is 2.44. The molecule has 4 fully saturated rings. The number of fused-ring (bicyclic) bond motifs is 1. The van der Waals surface area contributed by atoms with Crippen LogP contribution in [0.2, 0.25) is 0 Å². The second-order valence-electron chi connectivity index (χ2n) is 7.63. The zero-order valence-electron chi connectivity index (χ0n) is 13.6. The first-order valence-corrected chi connectivity index (χ1v) is 10.5. The van der Waals surface area contributed by atoms with E-state index in [0.717, 1.165) is 31.2 Å². The van der Waals surface area contributed by atoms with E-state index in [1.165, 1.54) is 19.3 Å². The van der Waals surface area contributed by atoms with E-state index in [9.17, 15) is 13.2 Å². The van der Waals surface area contributed by atoms with Crippen LogP contribution in [0.25, 0.3) is 0 Å². The number of amides is 2. The predicted molar refractivity (Wildman–Crippen MR) is 86.4 cm³/mol. The summed E-state index contributed by atoms with van der Waals surface area (Å²) in [4.78, 5) is 14.6. The zero-order chi connectivity index (χ0) is 15.9. The summed E-state index contributed by atoms with van der Waals surface area (Å²) in [5.41, 5.74) is 0. The third kappa shape index (κ3) is 3.42. The molecule has 22 heavy (non-hydrogen) atoms. The quantitative estimate of drug-likeness (QED) is 0.859. The molecule has 4 aliphatic rings. The van der Waals surface area contributed by atoms with Gasteiger partial charge in [0.05, 0.1) is 5.75 Å². The minimum Gasteiger partial charge on any atom is -0.335 e. The molecule has 5 atom stereocenters. The average molecular weight is 328 g/mol. The molecule has 5 nitrogen and oxygen atoms in total. The third-order valence-electron chi connectivity index (χ3n) is 5.68. The maximum Gasteiger partial charge on any atom is 0.317 e. The van der Waals surface area contributed by atoms with E-state index in [4.69, 9.17) is 0 Å². The van der Waals surface area contributed by atoms with Crippen molar-refractivity contribution in [2.75, 3.05) is 18.1 Å². The van der Waals surface area contributed by atoms with E-state index in [1.807, 2.05) is 4.90 Å². The molecule has 1 N–H and O–H groups in total. The molecule has 2 amide bonds. The Kier molecular flexibility index (Phi) is 4.40. The van der Waals surface area contributed by atoms with Crippen molar-refractivity contribution in [2.24, 2.45) is 17.8 Å². The largest absolute Gasteiger partial charge is 0.335 e. The minimum atomic E-state index is -3.05. The number of hydrogen-bond acceptors (Lipinski definition) is 3. The van der Waals surface area contributed by atoms with Crippen LogP contribution in [0, 0.1) is 17.8 Å². The molecule has 0 spiro atoms. The molecule has 6 heteroatoms. The summed E-state index contributed by atoms with van der Waals surface area (Å²) in [5.74, 6) is 2.42. The monoisotopic (exact) mass is 328 g/mol. The molecule has 2 saturated carbocycles. The molecule has 0 radical (unpaired) electrons. The molecule has 2 heterocycles. The molecule has 0 aromatic heterocycles. The summed E-state index contributed by atoms with van der Waals surface area (Å²) in [6.07, 6.45) is 6.19. The summed E-state index contributed by atoms with van der Waals surface area (Å²) >= 11 is 0. The fourth-order valence-corrected chi connectivity index (χ4v) is 5.95. The van der Waals surface area contributed by atoms with Gasteiger partial charge in [0.15, 0.2) is 9.84 Å². The first-order chi connectivity index (χ1) is 10.4. The lowest BCUT2D eigenvalue weighted by Gasteiger charge is -2.39. The Morgan fingerprint density at radius 3 is 2.32 bits per heavy atom. The fourth-order valence-electron chi connectivity index (χ4n) is 4.87. The van der Waals surface area contributed by atoms with Crippen LogP contribution in [0.1, 0.15) is 46.0 Å². The molecule has 2 saturated heterocycles. The van der Waals surface area contributed by atoms with Crippen LogP contribution in [0.4, 0.5) is 4.79 Å². The third-order valence-corrected chi connectivity index (χ3v) is 7.57. The van der Waals surface area contributed by atoms with Crippen molar-refractivity contribution in [1.82, 2.24) is 10.2 Å². The Balaban J connectivity index is 1.63. The Labute approximate surface area is 133 Å². The highest BCUT2D eigenvalue weighted by molar-refractivity contribution is 7.91. The Hall–Kier alpha value is -0.780. The average Bonchev–Trinajstić information content (AvgIpc) is 2.62. The molecule has 4 rings (SSSR count). The summed E-state index contributed by atoms with van der Waals surface area (Å²) in [7, 11) is -3.05. The summed E-state index contributed by atoms with van der Waals surface area (Å²) in [6.45, 7) is 4.29. The number of urea groups is 1. The van der Waals surface area contributed by atoms with Crippen molar-refractivity contribution >= 4 is 15.9 Å². The highest BCUT2D eigenvalue weighted by atomic mass is 32.2. The minimum absolute atomic E-state index is 0.0302. The number of carbonyl (C=O) groups is 1. The molecule has 0 aromatic rings. The van der Waals surface area contributed by atoms with E-state index in [2.05, 4.69) is 5.32 Å². The van der Waals surface area contributed by atoms with E-state index in [0.29, 0.717) is 12.0 Å². The lowest BCUT2D eigenvalue weighted by molar-refractivity contribution is 0.131. The number of carbonyl (C=O) groups excluding carboxylic acids is 1. The van der Waals surface area contributed by atoms with Gasteiger partial charge in [-0.1, -0.05) is 6.92 Å². The molecular weight excluding hydrogens is 300 g/mol. The van der Waals surface area contributed by atoms with Gasteiger partial charge in [-0.25, -0.2) is 13.2 Å². The van der Waals surface area contributed by atoms with Crippen molar-refractivity contribution in [3.05, 3.63) is 0 Å². The van der Waals surface area contributed by atoms with Gasteiger partial charge in [0.25, 0.3) is 0 Å². The van der Waals surface area contributed by atoms with Gasteiger partial charge in [-0.3, -0.25) is 0 Å². The van der Waals surface area contributed by atoms with Crippen molar-refractivity contribution in [3.63, 3.8) is 0 Å². The van der Waals surface area contributed by atoms with Crippen molar-refractivity contribution in [1.29, 1.82) is 0 Å². The fraction of sp³-hybridized carbons (Fsp3) is 0.938.